The summed E-state index contributed by atoms with van der Waals surface area (Å²) in [5, 5.41) is 7.28. The van der Waals surface area contributed by atoms with Crippen LogP contribution in [0.3, 0.4) is 0 Å². The molecular weight excluding hydrogens is 118 g/mol. The molecular formula is C6H13NS. The molecule has 0 aromatic heterocycles. The Bertz CT molecular complexity index is 96.7. The van der Waals surface area contributed by atoms with Crippen LogP contribution >= 0.6 is 11.8 Å². The van der Waals surface area contributed by atoms with E-state index in [-0.39, 0.29) is 4.75 Å². The minimum absolute atomic E-state index is 0.0417. The van der Waals surface area contributed by atoms with Gasteiger partial charge in [0.25, 0.3) is 0 Å². The molecule has 0 saturated heterocycles. The summed E-state index contributed by atoms with van der Waals surface area (Å²) in [6.07, 6.45) is 2.03. The highest BCUT2D eigenvalue weighted by molar-refractivity contribution is 8.00. The maximum atomic E-state index is 7.28. The fourth-order valence-electron chi connectivity index (χ4n) is 0.153. The number of hydrogen-bond donors (Lipinski definition) is 1. The van der Waals surface area contributed by atoms with Gasteiger partial charge < -0.3 is 5.41 Å². The third-order valence-electron chi connectivity index (χ3n) is 1.41. The van der Waals surface area contributed by atoms with Crippen LogP contribution in [0.1, 0.15) is 20.8 Å². The summed E-state index contributed by atoms with van der Waals surface area (Å²) in [7, 11) is 0. The minimum Gasteiger partial charge on any atom is -0.309 e. The molecule has 0 bridgehead atoms. The van der Waals surface area contributed by atoms with Gasteiger partial charge in [-0.2, -0.15) is 11.8 Å². The van der Waals surface area contributed by atoms with E-state index in [4.69, 9.17) is 5.41 Å². The first-order valence-electron chi connectivity index (χ1n) is 2.61. The fourth-order valence-corrected chi connectivity index (χ4v) is 0.459. The molecule has 0 aliphatic rings. The van der Waals surface area contributed by atoms with Gasteiger partial charge in [-0.1, -0.05) is 0 Å². The van der Waals surface area contributed by atoms with Crippen LogP contribution in [-0.2, 0) is 0 Å². The molecule has 0 atom stereocenters. The summed E-state index contributed by atoms with van der Waals surface area (Å²) in [4.78, 5) is 0. The van der Waals surface area contributed by atoms with Crippen LogP contribution in [-0.4, -0.2) is 16.7 Å². The molecule has 48 valence electrons. The first-order chi connectivity index (χ1) is 3.50. The summed E-state index contributed by atoms with van der Waals surface area (Å²) >= 11 is 1.71. The van der Waals surface area contributed by atoms with Gasteiger partial charge in [0.15, 0.2) is 0 Å². The van der Waals surface area contributed by atoms with E-state index < -0.39 is 0 Å². The Morgan fingerprint density at radius 2 is 1.88 bits per heavy atom. The van der Waals surface area contributed by atoms with E-state index in [1.54, 1.807) is 11.8 Å². The maximum absolute atomic E-state index is 7.28. The number of hydrogen-bond acceptors (Lipinski definition) is 2. The Balaban J connectivity index is 3.91. The molecule has 0 aliphatic heterocycles. The van der Waals surface area contributed by atoms with Gasteiger partial charge in [0.1, 0.15) is 0 Å². The van der Waals surface area contributed by atoms with Crippen molar-refractivity contribution < 1.29 is 0 Å². The Kier molecular flexibility index (Phi) is 2.54. The number of thioether (sulfide) groups is 1. The van der Waals surface area contributed by atoms with E-state index in [0.29, 0.717) is 0 Å². The summed E-state index contributed by atoms with van der Waals surface area (Å²) in [5.41, 5.74) is 0.741. The molecule has 0 rings (SSSR count). The highest BCUT2D eigenvalue weighted by atomic mass is 32.2. The molecule has 0 amide bonds. The molecule has 1 N–H and O–H groups in total. The zero-order chi connectivity index (χ0) is 6.78. The maximum Gasteiger partial charge on any atom is 0.0472 e. The molecule has 0 aromatic rings. The molecule has 0 unspecified atom stereocenters. The van der Waals surface area contributed by atoms with Crippen LogP contribution in [0.15, 0.2) is 0 Å². The van der Waals surface area contributed by atoms with Crippen molar-refractivity contribution in [2.75, 3.05) is 6.26 Å². The lowest BCUT2D eigenvalue weighted by molar-refractivity contribution is 0.937. The largest absolute Gasteiger partial charge is 0.309 e. The summed E-state index contributed by atoms with van der Waals surface area (Å²) in [6, 6.07) is 0. The average Bonchev–Trinajstić information content (AvgIpc) is 1.67. The predicted octanol–water partition coefficient (Wildman–Crippen LogP) is 2.17. The number of rotatable bonds is 2. The Labute approximate surface area is 55.4 Å². The standard InChI is InChI=1S/C6H13NS/c1-5(7)6(2,3)8-4/h7H,1-4H3. The van der Waals surface area contributed by atoms with Crippen molar-refractivity contribution in [3.05, 3.63) is 0 Å². The Hall–Kier alpha value is 0.0200. The van der Waals surface area contributed by atoms with Crippen LogP contribution in [0, 0.1) is 5.41 Å². The van der Waals surface area contributed by atoms with Gasteiger partial charge in [-0.3, -0.25) is 0 Å². The third kappa shape index (κ3) is 1.86. The average molecular weight is 131 g/mol. The van der Waals surface area contributed by atoms with E-state index in [0.717, 1.165) is 5.71 Å². The zero-order valence-corrected chi connectivity index (χ0v) is 6.72. The van der Waals surface area contributed by atoms with Crippen LogP contribution in [0.4, 0.5) is 0 Å². The van der Waals surface area contributed by atoms with Crippen molar-refractivity contribution >= 4 is 17.5 Å². The van der Waals surface area contributed by atoms with Crippen LogP contribution in [0.25, 0.3) is 0 Å². The van der Waals surface area contributed by atoms with Gasteiger partial charge in [0.05, 0.1) is 0 Å². The quantitative estimate of drug-likeness (QED) is 0.570. The van der Waals surface area contributed by atoms with Crippen molar-refractivity contribution in [3.63, 3.8) is 0 Å². The first-order valence-corrected chi connectivity index (χ1v) is 3.84. The van der Waals surface area contributed by atoms with Crippen molar-refractivity contribution in [2.45, 2.75) is 25.5 Å². The smallest absolute Gasteiger partial charge is 0.0472 e. The topological polar surface area (TPSA) is 23.9 Å². The van der Waals surface area contributed by atoms with E-state index >= 15 is 0 Å². The van der Waals surface area contributed by atoms with Gasteiger partial charge in [-0.05, 0) is 27.0 Å². The Morgan fingerprint density at radius 1 is 1.50 bits per heavy atom. The highest BCUT2D eigenvalue weighted by Gasteiger charge is 2.17. The third-order valence-corrected chi connectivity index (χ3v) is 2.74. The molecule has 0 aliphatic carbocycles. The second kappa shape index (κ2) is 2.53. The van der Waals surface area contributed by atoms with E-state index in [1.807, 2.05) is 13.2 Å². The molecule has 2 heteroatoms. The van der Waals surface area contributed by atoms with Gasteiger partial charge in [-0.25, -0.2) is 0 Å². The molecule has 8 heavy (non-hydrogen) atoms. The van der Waals surface area contributed by atoms with Crippen molar-refractivity contribution in [2.24, 2.45) is 0 Å². The van der Waals surface area contributed by atoms with Crippen LogP contribution in [0.5, 0.6) is 0 Å². The summed E-state index contributed by atoms with van der Waals surface area (Å²) in [6.45, 7) is 5.95. The number of nitrogens with one attached hydrogen (secondary N) is 1. The monoisotopic (exact) mass is 131 g/mol. The second-order valence-electron chi connectivity index (χ2n) is 2.34. The molecule has 0 spiro atoms. The first kappa shape index (κ1) is 8.02. The lowest BCUT2D eigenvalue weighted by Gasteiger charge is -2.19. The van der Waals surface area contributed by atoms with Gasteiger partial charge >= 0.3 is 0 Å². The van der Waals surface area contributed by atoms with Crippen molar-refractivity contribution in [1.29, 1.82) is 5.41 Å². The molecule has 0 saturated carbocycles. The van der Waals surface area contributed by atoms with E-state index in [2.05, 4.69) is 13.8 Å². The van der Waals surface area contributed by atoms with Crippen molar-refractivity contribution in [3.8, 4) is 0 Å². The normalized spacial score (nSPS) is 11.5. The van der Waals surface area contributed by atoms with Gasteiger partial charge in [0, 0.05) is 10.5 Å². The van der Waals surface area contributed by atoms with E-state index in [1.165, 1.54) is 0 Å². The summed E-state index contributed by atoms with van der Waals surface area (Å²) in [5.74, 6) is 0. The van der Waals surface area contributed by atoms with Crippen molar-refractivity contribution in [1.82, 2.24) is 0 Å². The van der Waals surface area contributed by atoms with Crippen LogP contribution < -0.4 is 0 Å². The van der Waals surface area contributed by atoms with Gasteiger partial charge in [-0.15, -0.1) is 0 Å². The molecule has 0 radical (unpaired) electrons. The molecule has 0 fully saturated rings. The van der Waals surface area contributed by atoms with Gasteiger partial charge in [0.2, 0.25) is 0 Å². The Morgan fingerprint density at radius 3 is 1.88 bits per heavy atom. The highest BCUT2D eigenvalue weighted by Crippen LogP contribution is 2.21. The summed E-state index contributed by atoms with van der Waals surface area (Å²) < 4.78 is 0.0417. The molecule has 1 nitrogen and oxygen atoms in total. The fraction of sp³-hybridized carbons (Fsp3) is 0.833. The van der Waals surface area contributed by atoms with E-state index in [9.17, 15) is 0 Å². The van der Waals surface area contributed by atoms with Crippen LogP contribution in [0.2, 0.25) is 0 Å². The second-order valence-corrected chi connectivity index (χ2v) is 3.77. The predicted molar refractivity (Wildman–Crippen MR) is 41.0 cm³/mol. The SMILES string of the molecule is CSC(C)(C)C(C)=N. The molecule has 0 heterocycles. The minimum atomic E-state index is 0.0417. The molecule has 0 aromatic carbocycles. The lowest BCUT2D eigenvalue weighted by Crippen LogP contribution is -2.23. The lowest BCUT2D eigenvalue weighted by atomic mass is 10.1. The zero-order valence-electron chi connectivity index (χ0n) is 5.91.